The van der Waals surface area contributed by atoms with Crippen molar-refractivity contribution in [2.24, 2.45) is 13.0 Å². The second-order valence-corrected chi connectivity index (χ2v) is 11.2. The van der Waals surface area contributed by atoms with E-state index >= 15 is 0 Å². The van der Waals surface area contributed by atoms with Crippen molar-refractivity contribution in [1.82, 2.24) is 30.0 Å². The van der Waals surface area contributed by atoms with E-state index in [-0.39, 0.29) is 18.0 Å². The van der Waals surface area contributed by atoms with E-state index in [2.05, 4.69) is 31.7 Å². The molecule has 3 aromatic rings. The highest BCUT2D eigenvalue weighted by Gasteiger charge is 2.28. The predicted octanol–water partition coefficient (Wildman–Crippen LogP) is 4.01. The third-order valence-corrected chi connectivity index (χ3v) is 8.17. The van der Waals surface area contributed by atoms with E-state index in [1.165, 1.54) is 18.5 Å². The summed E-state index contributed by atoms with van der Waals surface area (Å²) in [6, 6.07) is 7.84. The molecule has 0 unspecified atom stereocenters. The first-order chi connectivity index (χ1) is 18.9. The fourth-order valence-electron chi connectivity index (χ4n) is 5.48. The Labute approximate surface area is 232 Å². The van der Waals surface area contributed by atoms with Crippen LogP contribution < -0.4 is 15.5 Å². The Morgan fingerprint density at radius 1 is 1.08 bits per heavy atom. The minimum Gasteiger partial charge on any atom is -0.351 e. The summed E-state index contributed by atoms with van der Waals surface area (Å²) in [5.41, 5.74) is 4.83. The fourth-order valence-corrected chi connectivity index (χ4v) is 5.68. The van der Waals surface area contributed by atoms with Crippen LogP contribution in [0, 0.1) is 5.92 Å². The van der Waals surface area contributed by atoms with E-state index in [0.29, 0.717) is 23.9 Å². The highest BCUT2D eigenvalue weighted by Crippen LogP contribution is 2.37. The summed E-state index contributed by atoms with van der Waals surface area (Å²) >= 11 is 6.55. The Bertz CT molecular complexity index is 1380. The van der Waals surface area contributed by atoms with Crippen LogP contribution >= 0.6 is 11.6 Å². The van der Waals surface area contributed by atoms with E-state index in [9.17, 15) is 9.59 Å². The van der Waals surface area contributed by atoms with Crippen LogP contribution in [0.1, 0.15) is 43.4 Å². The number of imide groups is 1. The lowest BCUT2D eigenvalue weighted by molar-refractivity contribution is -0.120. The number of likely N-dealkylation sites (tertiary alicyclic amines) is 1. The molecule has 39 heavy (non-hydrogen) atoms. The molecular weight excluding hydrogens is 516 g/mol. The second-order valence-electron chi connectivity index (χ2n) is 10.7. The van der Waals surface area contributed by atoms with E-state index < -0.39 is 0 Å². The number of amides is 3. The third-order valence-electron chi connectivity index (χ3n) is 7.89. The van der Waals surface area contributed by atoms with Gasteiger partial charge in [0.1, 0.15) is 0 Å². The molecule has 6 rings (SSSR count). The molecule has 0 spiro atoms. The van der Waals surface area contributed by atoms with Gasteiger partial charge in [0.2, 0.25) is 11.9 Å². The van der Waals surface area contributed by atoms with Crippen LogP contribution in [0.4, 0.5) is 16.4 Å². The standard InChI is InChI=1S/C28H33ClN8O2/c1-35-24(14-18-6-7-18)21(15-31-35)26-22(29)16-30-27(34-26)32-20-8-11-36(12-9-20)17-19-4-2-3-5-23(19)37-13-10-25(38)33-28(37)39/h2-5,15-16,18,20H,6-14,17H2,1H3,(H,30,32,34)(H,33,38,39). The van der Waals surface area contributed by atoms with Crippen LogP contribution in [0.5, 0.6) is 0 Å². The number of nitrogens with one attached hydrogen (secondary N) is 2. The largest absolute Gasteiger partial charge is 0.351 e. The Kier molecular flexibility index (Phi) is 7.22. The molecule has 4 heterocycles. The van der Waals surface area contributed by atoms with E-state index in [4.69, 9.17) is 16.6 Å². The number of rotatable bonds is 8. The van der Waals surface area contributed by atoms with E-state index in [1.54, 1.807) is 11.1 Å². The molecule has 2 aliphatic heterocycles. The molecule has 2 N–H and O–H groups in total. The zero-order chi connectivity index (χ0) is 26.9. The number of carbonyl (C=O) groups is 2. The number of piperidine rings is 1. The topological polar surface area (TPSA) is 108 Å². The molecular formula is C28H33ClN8O2. The number of aromatic nitrogens is 4. The van der Waals surface area contributed by atoms with Gasteiger partial charge < -0.3 is 5.32 Å². The number of hydrogen-bond donors (Lipinski definition) is 2. The van der Waals surface area contributed by atoms with Crippen molar-refractivity contribution >= 4 is 35.2 Å². The predicted molar refractivity (Wildman–Crippen MR) is 150 cm³/mol. The number of benzene rings is 1. The molecule has 1 aliphatic carbocycles. The summed E-state index contributed by atoms with van der Waals surface area (Å²) in [5.74, 6) is 1.10. The smallest absolute Gasteiger partial charge is 0.328 e. The number of aryl methyl sites for hydroxylation is 1. The summed E-state index contributed by atoms with van der Waals surface area (Å²) in [6.45, 7) is 2.96. The Morgan fingerprint density at radius 3 is 2.64 bits per heavy atom. The van der Waals surface area contributed by atoms with Crippen molar-refractivity contribution in [2.75, 3.05) is 29.9 Å². The molecule has 3 aliphatic rings. The Hall–Kier alpha value is -3.50. The molecule has 1 aromatic carbocycles. The van der Waals surface area contributed by atoms with Crippen molar-refractivity contribution in [3.63, 3.8) is 0 Å². The average molecular weight is 549 g/mol. The molecule has 204 valence electrons. The lowest BCUT2D eigenvalue weighted by atomic mass is 10.0. The first-order valence-electron chi connectivity index (χ1n) is 13.7. The SMILES string of the molecule is Cn1ncc(-c2nc(NC3CCN(Cc4ccccc4N4CCC(=O)NC4=O)CC3)ncc2Cl)c1CC1CC1. The van der Waals surface area contributed by atoms with Crippen LogP contribution in [-0.2, 0) is 24.8 Å². The highest BCUT2D eigenvalue weighted by atomic mass is 35.5. The van der Waals surface area contributed by atoms with Gasteiger partial charge in [-0.3, -0.25) is 24.6 Å². The second kappa shape index (κ2) is 10.9. The number of para-hydroxylation sites is 1. The van der Waals surface area contributed by atoms with Crippen molar-refractivity contribution in [3.05, 3.63) is 52.9 Å². The Balaban J connectivity index is 1.09. The molecule has 3 amide bonds. The summed E-state index contributed by atoms with van der Waals surface area (Å²) in [6.07, 6.45) is 9.28. The van der Waals surface area contributed by atoms with Gasteiger partial charge in [-0.25, -0.2) is 14.8 Å². The van der Waals surface area contributed by atoms with Crippen molar-refractivity contribution in [3.8, 4) is 11.3 Å². The molecule has 11 heteroatoms. The summed E-state index contributed by atoms with van der Waals surface area (Å²) in [7, 11) is 1.98. The number of halogens is 1. The first-order valence-corrected chi connectivity index (χ1v) is 14.0. The minimum atomic E-state index is -0.352. The molecule has 3 fully saturated rings. The third kappa shape index (κ3) is 5.77. The molecule has 0 radical (unpaired) electrons. The van der Waals surface area contributed by atoms with Crippen molar-refractivity contribution in [1.29, 1.82) is 0 Å². The van der Waals surface area contributed by atoms with Gasteiger partial charge >= 0.3 is 6.03 Å². The zero-order valence-corrected chi connectivity index (χ0v) is 22.8. The van der Waals surface area contributed by atoms with Gasteiger partial charge in [-0.05, 0) is 49.7 Å². The molecule has 0 atom stereocenters. The number of nitrogens with zero attached hydrogens (tertiary/aromatic N) is 6. The molecule has 1 saturated carbocycles. The fraction of sp³-hybridized carbons (Fsp3) is 0.464. The van der Waals surface area contributed by atoms with Crippen LogP contribution in [0.15, 0.2) is 36.7 Å². The van der Waals surface area contributed by atoms with Crippen LogP contribution in [0.3, 0.4) is 0 Å². The molecule has 2 aromatic heterocycles. The first kappa shape index (κ1) is 25.8. The molecule has 10 nitrogen and oxygen atoms in total. The van der Waals surface area contributed by atoms with Crippen LogP contribution in [-0.4, -0.2) is 62.3 Å². The van der Waals surface area contributed by atoms with E-state index in [1.807, 2.05) is 36.1 Å². The van der Waals surface area contributed by atoms with Gasteiger partial charge in [-0.1, -0.05) is 29.8 Å². The van der Waals surface area contributed by atoms with Crippen LogP contribution in [0.25, 0.3) is 11.3 Å². The van der Waals surface area contributed by atoms with Crippen LogP contribution in [0.2, 0.25) is 5.02 Å². The van der Waals surface area contributed by atoms with Gasteiger partial charge in [-0.15, -0.1) is 0 Å². The van der Waals surface area contributed by atoms with Crippen molar-refractivity contribution < 1.29 is 9.59 Å². The lowest BCUT2D eigenvalue weighted by Gasteiger charge is -2.34. The van der Waals surface area contributed by atoms with Gasteiger partial charge in [0.25, 0.3) is 0 Å². The number of hydrogen-bond acceptors (Lipinski definition) is 7. The monoisotopic (exact) mass is 548 g/mol. The lowest BCUT2D eigenvalue weighted by Crippen LogP contribution is -2.50. The molecule has 2 saturated heterocycles. The van der Waals surface area contributed by atoms with Gasteiger partial charge in [0, 0.05) is 62.6 Å². The molecule has 0 bridgehead atoms. The maximum absolute atomic E-state index is 12.4. The zero-order valence-electron chi connectivity index (χ0n) is 22.1. The maximum Gasteiger partial charge on any atom is 0.328 e. The number of anilines is 2. The van der Waals surface area contributed by atoms with Crippen molar-refractivity contribution in [2.45, 2.75) is 51.1 Å². The summed E-state index contributed by atoms with van der Waals surface area (Å²) in [4.78, 5) is 37.4. The summed E-state index contributed by atoms with van der Waals surface area (Å²) in [5, 5.41) is 11.0. The summed E-state index contributed by atoms with van der Waals surface area (Å²) < 4.78 is 1.93. The highest BCUT2D eigenvalue weighted by molar-refractivity contribution is 6.33. The normalized spacial score (nSPS) is 18.9. The number of carbonyl (C=O) groups excluding carboxylic acids is 2. The Morgan fingerprint density at radius 2 is 1.87 bits per heavy atom. The van der Waals surface area contributed by atoms with E-state index in [0.717, 1.165) is 67.3 Å². The average Bonchev–Trinajstić information content (AvgIpc) is 3.68. The van der Waals surface area contributed by atoms with Gasteiger partial charge in [-0.2, -0.15) is 5.10 Å². The number of urea groups is 1. The maximum atomic E-state index is 12.4. The van der Waals surface area contributed by atoms with Gasteiger partial charge in [0.15, 0.2) is 0 Å². The minimum absolute atomic E-state index is 0.223. The quantitative estimate of drug-likeness (QED) is 0.438. The van der Waals surface area contributed by atoms with Gasteiger partial charge in [0.05, 0.1) is 23.1 Å².